The van der Waals surface area contributed by atoms with E-state index in [1.54, 1.807) is 43.4 Å². The summed E-state index contributed by atoms with van der Waals surface area (Å²) in [6.07, 6.45) is 3.35. The third kappa shape index (κ3) is 5.18. The van der Waals surface area contributed by atoms with Crippen LogP contribution in [-0.2, 0) is 4.79 Å². The lowest BCUT2D eigenvalue weighted by atomic mass is 10.2. The van der Waals surface area contributed by atoms with Gasteiger partial charge in [-0.3, -0.25) is 14.6 Å². The van der Waals surface area contributed by atoms with Gasteiger partial charge in [0.25, 0.3) is 11.8 Å². The number of aromatic nitrogens is 1. The van der Waals surface area contributed by atoms with Crippen LogP contribution in [0.5, 0.6) is 11.5 Å². The highest BCUT2D eigenvalue weighted by atomic mass is 32.2. The van der Waals surface area contributed by atoms with Crippen molar-refractivity contribution in [1.29, 1.82) is 0 Å². The molecule has 154 valence electrons. The van der Waals surface area contributed by atoms with Crippen molar-refractivity contribution in [1.82, 2.24) is 15.6 Å². The summed E-state index contributed by atoms with van der Waals surface area (Å²) >= 11 is 1.30. The molecule has 1 aromatic heterocycles. The van der Waals surface area contributed by atoms with Gasteiger partial charge < -0.3 is 15.4 Å². The Labute approximate surface area is 183 Å². The number of amidine groups is 1. The number of nitrogens with one attached hydrogen (secondary N) is 2. The normalized spacial score (nSPS) is 15.7. The summed E-state index contributed by atoms with van der Waals surface area (Å²) < 4.78 is 5.79. The van der Waals surface area contributed by atoms with Crippen molar-refractivity contribution in [3.63, 3.8) is 0 Å². The Hall–Kier alpha value is -3.91. The van der Waals surface area contributed by atoms with Crippen molar-refractivity contribution in [3.8, 4) is 11.5 Å². The summed E-state index contributed by atoms with van der Waals surface area (Å²) in [5.74, 6) is 0.637. The molecule has 31 heavy (non-hydrogen) atoms. The summed E-state index contributed by atoms with van der Waals surface area (Å²) in [6.45, 7) is 0. The van der Waals surface area contributed by atoms with Crippen LogP contribution in [0.1, 0.15) is 16.1 Å². The fourth-order valence-electron chi connectivity index (χ4n) is 2.75. The Kier molecular flexibility index (Phi) is 6.09. The molecule has 0 radical (unpaired) electrons. The lowest BCUT2D eigenvalue weighted by molar-refractivity contribution is -0.115. The first kappa shape index (κ1) is 20.4. The average Bonchev–Trinajstić information content (AvgIpc) is 3.14. The molecule has 2 heterocycles. The third-order valence-electron chi connectivity index (χ3n) is 4.24. The van der Waals surface area contributed by atoms with Crippen LogP contribution in [0.15, 0.2) is 82.8 Å². The maximum Gasteiger partial charge on any atom is 0.269 e. The van der Waals surface area contributed by atoms with Crippen molar-refractivity contribution >= 4 is 40.5 Å². The molecule has 8 heteroatoms. The van der Waals surface area contributed by atoms with Gasteiger partial charge in [0.05, 0.1) is 10.6 Å². The lowest BCUT2D eigenvalue weighted by Gasteiger charge is -2.07. The minimum Gasteiger partial charge on any atom is -0.457 e. The van der Waals surface area contributed by atoms with Crippen LogP contribution >= 0.6 is 11.8 Å². The van der Waals surface area contributed by atoms with E-state index in [2.05, 4.69) is 20.6 Å². The smallest absolute Gasteiger partial charge is 0.269 e. The van der Waals surface area contributed by atoms with Gasteiger partial charge in [0.15, 0.2) is 5.17 Å². The molecule has 0 bridgehead atoms. The quantitative estimate of drug-likeness (QED) is 0.594. The van der Waals surface area contributed by atoms with Crippen molar-refractivity contribution in [3.05, 3.63) is 89.1 Å². The number of carbonyl (C=O) groups excluding carboxylic acids is 2. The number of benzene rings is 2. The van der Waals surface area contributed by atoms with Crippen molar-refractivity contribution in [2.24, 2.45) is 4.99 Å². The molecule has 7 nitrogen and oxygen atoms in total. The van der Waals surface area contributed by atoms with E-state index in [-0.39, 0.29) is 17.5 Å². The van der Waals surface area contributed by atoms with E-state index < -0.39 is 0 Å². The fourth-order valence-corrected chi connectivity index (χ4v) is 3.59. The average molecular weight is 430 g/mol. The monoisotopic (exact) mass is 430 g/mol. The second-order valence-corrected chi connectivity index (χ2v) is 7.47. The third-order valence-corrected chi connectivity index (χ3v) is 5.15. The van der Waals surface area contributed by atoms with Crippen LogP contribution in [0.4, 0.5) is 5.69 Å². The number of carbonyl (C=O) groups is 2. The zero-order valence-corrected chi connectivity index (χ0v) is 17.3. The molecule has 1 aliphatic rings. The highest BCUT2D eigenvalue weighted by Crippen LogP contribution is 2.29. The van der Waals surface area contributed by atoms with Gasteiger partial charge in [-0.2, -0.15) is 0 Å². The predicted octanol–water partition coefficient (Wildman–Crippen LogP) is 4.13. The fraction of sp³-hybridized carbons (Fsp3) is 0.0435. The highest BCUT2D eigenvalue weighted by molar-refractivity contribution is 8.18. The van der Waals surface area contributed by atoms with Gasteiger partial charge in [-0.25, -0.2) is 4.99 Å². The molecule has 2 N–H and O–H groups in total. The maximum atomic E-state index is 12.2. The minimum absolute atomic E-state index is 0.169. The Balaban J connectivity index is 1.44. The van der Waals surface area contributed by atoms with Crippen LogP contribution in [0.25, 0.3) is 6.08 Å². The Morgan fingerprint density at radius 3 is 2.61 bits per heavy atom. The molecule has 1 saturated heterocycles. The number of nitrogens with zero attached hydrogens (tertiary/aromatic N) is 2. The first-order chi connectivity index (χ1) is 15.1. The van der Waals surface area contributed by atoms with Gasteiger partial charge in [0.2, 0.25) is 0 Å². The number of pyridine rings is 1. The van der Waals surface area contributed by atoms with E-state index in [0.29, 0.717) is 27.3 Å². The zero-order chi connectivity index (χ0) is 21.6. The molecule has 3 aromatic rings. The Morgan fingerprint density at radius 2 is 1.87 bits per heavy atom. The van der Waals surface area contributed by atoms with E-state index in [1.807, 2.05) is 36.4 Å². The summed E-state index contributed by atoms with van der Waals surface area (Å²) in [4.78, 5) is 33.0. The molecular formula is C23H18N4O3S. The second kappa shape index (κ2) is 9.27. The van der Waals surface area contributed by atoms with Gasteiger partial charge in [0, 0.05) is 19.3 Å². The van der Waals surface area contributed by atoms with Gasteiger partial charge in [-0.05, 0) is 53.7 Å². The number of ether oxygens (including phenoxy) is 1. The lowest BCUT2D eigenvalue weighted by Crippen LogP contribution is -2.19. The van der Waals surface area contributed by atoms with Gasteiger partial charge in [0.1, 0.15) is 17.2 Å². The van der Waals surface area contributed by atoms with E-state index >= 15 is 0 Å². The highest BCUT2D eigenvalue weighted by Gasteiger charge is 2.23. The summed E-state index contributed by atoms with van der Waals surface area (Å²) in [6, 6.07) is 20.0. The molecule has 4 rings (SSSR count). The molecule has 1 fully saturated rings. The number of rotatable bonds is 5. The SMILES string of the molecule is CNC(=O)c1cc(Oc2ccc(N=C3NC(=O)/C(=C/c4ccccc4)S3)cc2)ccn1. The largest absolute Gasteiger partial charge is 0.457 e. The molecule has 1 aliphatic heterocycles. The molecule has 0 spiro atoms. The summed E-state index contributed by atoms with van der Waals surface area (Å²) in [5.41, 5.74) is 1.91. The van der Waals surface area contributed by atoms with Crippen LogP contribution in [-0.4, -0.2) is 29.0 Å². The van der Waals surface area contributed by atoms with Crippen LogP contribution in [0.3, 0.4) is 0 Å². The van der Waals surface area contributed by atoms with E-state index in [0.717, 1.165) is 5.56 Å². The summed E-state index contributed by atoms with van der Waals surface area (Å²) in [5, 5.41) is 5.82. The number of hydrogen-bond acceptors (Lipinski definition) is 6. The molecule has 0 aliphatic carbocycles. The first-order valence-electron chi connectivity index (χ1n) is 9.41. The number of hydrogen-bond donors (Lipinski definition) is 2. The predicted molar refractivity (Wildman–Crippen MR) is 121 cm³/mol. The maximum absolute atomic E-state index is 12.2. The van der Waals surface area contributed by atoms with Gasteiger partial charge in [-0.15, -0.1) is 0 Å². The second-order valence-electron chi connectivity index (χ2n) is 6.44. The number of amides is 2. The van der Waals surface area contributed by atoms with E-state index in [1.165, 1.54) is 18.0 Å². The molecule has 0 atom stereocenters. The van der Waals surface area contributed by atoms with Gasteiger partial charge >= 0.3 is 0 Å². The van der Waals surface area contributed by atoms with Crippen molar-refractivity contribution < 1.29 is 14.3 Å². The first-order valence-corrected chi connectivity index (χ1v) is 10.2. The standard InChI is InChI=1S/C23H18N4O3S/c1-24-21(28)19-14-18(11-12-25-19)30-17-9-7-16(8-10-17)26-23-27-22(29)20(31-23)13-15-5-3-2-4-6-15/h2-14H,1H3,(H,24,28)(H,26,27,29)/b20-13-. The summed E-state index contributed by atoms with van der Waals surface area (Å²) in [7, 11) is 1.54. The van der Waals surface area contributed by atoms with E-state index in [4.69, 9.17) is 4.74 Å². The Bertz CT molecular complexity index is 1170. The Morgan fingerprint density at radius 1 is 1.10 bits per heavy atom. The van der Waals surface area contributed by atoms with Crippen LogP contribution in [0, 0.1) is 0 Å². The van der Waals surface area contributed by atoms with Crippen LogP contribution in [0.2, 0.25) is 0 Å². The molecular weight excluding hydrogens is 412 g/mol. The van der Waals surface area contributed by atoms with E-state index in [9.17, 15) is 9.59 Å². The molecule has 0 saturated carbocycles. The molecule has 2 aromatic carbocycles. The topological polar surface area (TPSA) is 92.7 Å². The van der Waals surface area contributed by atoms with Crippen molar-refractivity contribution in [2.45, 2.75) is 0 Å². The van der Waals surface area contributed by atoms with Crippen LogP contribution < -0.4 is 15.4 Å². The number of aliphatic imine (C=N–C) groups is 1. The molecule has 0 unspecified atom stereocenters. The zero-order valence-electron chi connectivity index (χ0n) is 16.5. The van der Waals surface area contributed by atoms with Crippen molar-refractivity contribution in [2.75, 3.05) is 7.05 Å². The minimum atomic E-state index is -0.284. The van der Waals surface area contributed by atoms with Gasteiger partial charge in [-0.1, -0.05) is 30.3 Å². The number of thioether (sulfide) groups is 1. The molecule has 2 amide bonds.